The molecule has 1 heterocycles. The molecular formula is C60H44N4. The minimum Gasteiger partial charge on any atom is -0.383 e. The Morgan fingerprint density at radius 2 is 0.953 bits per heavy atom. The fourth-order valence-electron chi connectivity index (χ4n) is 9.80. The Morgan fingerprint density at radius 1 is 0.406 bits per heavy atom. The molecule has 1 aromatic heterocycles. The molecule has 0 bridgehead atoms. The average molecular weight is 821 g/mol. The lowest BCUT2D eigenvalue weighted by molar-refractivity contribution is 0.871. The van der Waals surface area contributed by atoms with Gasteiger partial charge < -0.3 is 11.5 Å². The molecule has 0 aliphatic carbocycles. The van der Waals surface area contributed by atoms with Gasteiger partial charge in [-0.3, -0.25) is 4.99 Å². The van der Waals surface area contributed by atoms with E-state index in [-0.39, 0.29) is 6.04 Å². The second-order valence-corrected chi connectivity index (χ2v) is 16.2. The molecule has 1 atom stereocenters. The Balaban J connectivity index is 0.00000225. The van der Waals surface area contributed by atoms with Crippen LogP contribution in [0.1, 0.15) is 22.7 Å². The zero-order valence-electron chi connectivity index (χ0n) is 35.4. The topological polar surface area (TPSA) is 77.3 Å². The van der Waals surface area contributed by atoms with Gasteiger partial charge in [-0.1, -0.05) is 188 Å². The highest BCUT2D eigenvalue weighted by molar-refractivity contribution is 6.26. The Bertz CT molecular complexity index is 3710. The number of pyridine rings is 1. The molecule has 0 amide bonds. The van der Waals surface area contributed by atoms with Crippen LogP contribution < -0.4 is 11.5 Å². The molecule has 4 heteroatoms. The van der Waals surface area contributed by atoms with Crippen molar-refractivity contribution in [3.63, 3.8) is 0 Å². The summed E-state index contributed by atoms with van der Waals surface area (Å²) in [6.45, 7) is 0. The average Bonchev–Trinajstić information content (AvgIpc) is 3.37. The summed E-state index contributed by atoms with van der Waals surface area (Å²) in [5, 5.41) is 13.4. The number of nitrogens with two attached hydrogens (primary N) is 2. The molecular weight excluding hydrogens is 777 g/mol. The smallest absolute Gasteiger partial charge is 0.126 e. The standard InChI is InChI=1S/C59H39N3.CH5N/c60-59(40-17-5-2-6-18-40)62-57(39-15-3-1-4-16-39)44-34-42(33-43(35-44)53-36-41-21-11-19-37-31-32-38-20-12-28-50(53)56(38)55(37)41)45-25-13-27-47-46(45)26-14-29-52(47)58-51-24-8-7-22-48(51)49-23-9-10-30-54(49)61-58;1-2/h1-36,57H,(H2,60,62);2H2,1H3. The van der Waals surface area contributed by atoms with Gasteiger partial charge in [0.15, 0.2) is 0 Å². The van der Waals surface area contributed by atoms with Crippen LogP contribution in [0.2, 0.25) is 0 Å². The highest BCUT2D eigenvalue weighted by Gasteiger charge is 2.21. The Kier molecular flexibility index (Phi) is 9.84. The van der Waals surface area contributed by atoms with Gasteiger partial charge in [-0.2, -0.15) is 0 Å². The van der Waals surface area contributed by atoms with Gasteiger partial charge in [0.1, 0.15) is 11.9 Å². The summed E-state index contributed by atoms with van der Waals surface area (Å²) in [4.78, 5) is 10.7. The summed E-state index contributed by atoms with van der Waals surface area (Å²) in [6, 6.07) is 77.9. The molecule has 11 aromatic carbocycles. The number of fused-ring (bicyclic) bond motifs is 4. The van der Waals surface area contributed by atoms with E-state index < -0.39 is 0 Å². The minimum atomic E-state index is -0.371. The van der Waals surface area contributed by atoms with Crippen molar-refractivity contribution >= 4 is 70.6 Å². The van der Waals surface area contributed by atoms with E-state index >= 15 is 0 Å². The van der Waals surface area contributed by atoms with E-state index in [1.54, 1.807) is 0 Å². The van der Waals surface area contributed by atoms with E-state index in [2.05, 4.69) is 194 Å². The summed E-state index contributed by atoms with van der Waals surface area (Å²) in [5.74, 6) is 0.499. The number of para-hydroxylation sites is 1. The van der Waals surface area contributed by atoms with Gasteiger partial charge in [0, 0.05) is 21.9 Å². The van der Waals surface area contributed by atoms with Crippen molar-refractivity contribution in [1.82, 2.24) is 4.98 Å². The predicted molar refractivity (Wildman–Crippen MR) is 272 cm³/mol. The molecule has 304 valence electrons. The number of hydrogen-bond donors (Lipinski definition) is 2. The van der Waals surface area contributed by atoms with Crippen LogP contribution in [0.4, 0.5) is 0 Å². The summed E-state index contributed by atoms with van der Waals surface area (Å²) in [5.41, 5.74) is 22.1. The fourth-order valence-corrected chi connectivity index (χ4v) is 9.80. The van der Waals surface area contributed by atoms with Gasteiger partial charge >= 0.3 is 0 Å². The molecule has 64 heavy (non-hydrogen) atoms. The molecule has 0 radical (unpaired) electrons. The SMILES string of the molecule is CN.NC(=NC(c1ccccc1)c1cc(-c2cccc3c(-c4nc5ccccc5c5ccccc45)cccc23)cc(-c2cc3cccc4ccc5cccc2c5c43)c1)c1ccccc1. The summed E-state index contributed by atoms with van der Waals surface area (Å²) < 4.78 is 0. The van der Waals surface area contributed by atoms with E-state index in [0.29, 0.717) is 5.84 Å². The van der Waals surface area contributed by atoms with Gasteiger partial charge in [0.2, 0.25) is 0 Å². The molecule has 0 fully saturated rings. The van der Waals surface area contributed by atoms with Crippen LogP contribution in [0.5, 0.6) is 0 Å². The van der Waals surface area contributed by atoms with Crippen LogP contribution in [-0.2, 0) is 0 Å². The van der Waals surface area contributed by atoms with Crippen LogP contribution in [0, 0.1) is 0 Å². The Morgan fingerprint density at radius 3 is 1.72 bits per heavy atom. The van der Waals surface area contributed by atoms with Crippen molar-refractivity contribution in [2.75, 3.05) is 7.05 Å². The van der Waals surface area contributed by atoms with Crippen LogP contribution in [0.3, 0.4) is 0 Å². The van der Waals surface area contributed by atoms with Crippen LogP contribution in [-0.4, -0.2) is 17.9 Å². The molecule has 0 saturated heterocycles. The van der Waals surface area contributed by atoms with Crippen molar-refractivity contribution in [1.29, 1.82) is 0 Å². The molecule has 4 nitrogen and oxygen atoms in total. The lowest BCUT2D eigenvalue weighted by atomic mass is 9.85. The van der Waals surface area contributed by atoms with Gasteiger partial charge in [-0.15, -0.1) is 0 Å². The Hall–Kier alpha value is -8.18. The number of amidine groups is 1. The summed E-state index contributed by atoms with van der Waals surface area (Å²) in [7, 11) is 1.50. The molecule has 0 aliphatic heterocycles. The van der Waals surface area contributed by atoms with Crippen molar-refractivity contribution in [2.24, 2.45) is 16.5 Å². The largest absolute Gasteiger partial charge is 0.383 e. The first-order chi connectivity index (χ1) is 31.7. The van der Waals surface area contributed by atoms with Crippen LogP contribution in [0.15, 0.2) is 223 Å². The maximum absolute atomic E-state index is 6.90. The number of aliphatic imine (C=N–C) groups is 1. The van der Waals surface area contributed by atoms with Crippen molar-refractivity contribution < 1.29 is 0 Å². The third-order valence-corrected chi connectivity index (χ3v) is 12.6. The maximum atomic E-state index is 6.90. The van der Waals surface area contributed by atoms with E-state index in [9.17, 15) is 0 Å². The third-order valence-electron chi connectivity index (χ3n) is 12.6. The van der Waals surface area contributed by atoms with Crippen molar-refractivity contribution in [2.45, 2.75) is 6.04 Å². The molecule has 12 rings (SSSR count). The third kappa shape index (κ3) is 6.60. The second kappa shape index (κ2) is 16.3. The monoisotopic (exact) mass is 820 g/mol. The molecule has 0 saturated carbocycles. The number of aromatic nitrogens is 1. The van der Waals surface area contributed by atoms with Gasteiger partial charge in [0.05, 0.1) is 11.2 Å². The summed E-state index contributed by atoms with van der Waals surface area (Å²) >= 11 is 0. The number of hydrogen-bond acceptors (Lipinski definition) is 3. The number of rotatable bonds is 7. The second-order valence-electron chi connectivity index (χ2n) is 16.2. The lowest BCUT2D eigenvalue weighted by Gasteiger charge is -2.20. The highest BCUT2D eigenvalue weighted by atomic mass is 14.9. The minimum absolute atomic E-state index is 0.371. The zero-order chi connectivity index (χ0) is 43.1. The highest BCUT2D eigenvalue weighted by Crippen LogP contribution is 2.44. The molecule has 12 aromatic rings. The first kappa shape index (κ1) is 38.7. The predicted octanol–water partition coefficient (Wildman–Crippen LogP) is 14.5. The molecule has 0 spiro atoms. The van der Waals surface area contributed by atoms with Crippen molar-refractivity contribution in [3.8, 4) is 33.5 Å². The molecule has 1 unspecified atom stereocenters. The van der Waals surface area contributed by atoms with Gasteiger partial charge in [0.25, 0.3) is 0 Å². The maximum Gasteiger partial charge on any atom is 0.126 e. The van der Waals surface area contributed by atoms with Crippen LogP contribution >= 0.6 is 0 Å². The van der Waals surface area contributed by atoms with Gasteiger partial charge in [-0.25, -0.2) is 4.98 Å². The first-order valence-corrected chi connectivity index (χ1v) is 21.8. The Labute approximate surface area is 372 Å². The van der Waals surface area contributed by atoms with Crippen LogP contribution in [0.25, 0.3) is 98.3 Å². The quantitative estimate of drug-likeness (QED) is 0.0955. The van der Waals surface area contributed by atoms with Gasteiger partial charge in [-0.05, 0) is 119 Å². The zero-order valence-corrected chi connectivity index (χ0v) is 35.4. The number of nitrogens with zero attached hydrogens (tertiary/aromatic N) is 2. The van der Waals surface area contributed by atoms with E-state index in [1.165, 1.54) is 50.3 Å². The number of benzene rings is 11. The molecule has 0 aliphatic rings. The first-order valence-electron chi connectivity index (χ1n) is 21.8. The van der Waals surface area contributed by atoms with E-state index in [4.69, 9.17) is 15.7 Å². The lowest BCUT2D eigenvalue weighted by Crippen LogP contribution is -2.15. The normalized spacial score (nSPS) is 12.3. The fraction of sp³-hybridized carbons (Fsp3) is 0.0333. The van der Waals surface area contributed by atoms with E-state index in [0.717, 1.165) is 71.7 Å². The summed E-state index contributed by atoms with van der Waals surface area (Å²) in [6.07, 6.45) is 0. The molecule has 4 N–H and O–H groups in total. The van der Waals surface area contributed by atoms with Crippen molar-refractivity contribution in [3.05, 3.63) is 235 Å². The van der Waals surface area contributed by atoms with E-state index in [1.807, 2.05) is 30.3 Å².